The molecule has 2 heterocycles. The highest BCUT2D eigenvalue weighted by Crippen LogP contribution is 2.27. The van der Waals surface area contributed by atoms with Gasteiger partial charge in [-0.1, -0.05) is 48.5 Å². The molecule has 0 amide bonds. The number of aliphatic imine (C=N–C) groups is 1. The lowest BCUT2D eigenvalue weighted by Crippen LogP contribution is -2.40. The topological polar surface area (TPSA) is 58.3 Å². The minimum atomic E-state index is 0. The summed E-state index contributed by atoms with van der Waals surface area (Å²) in [5, 5.41) is 11.9. The first-order chi connectivity index (χ1) is 13.2. The van der Waals surface area contributed by atoms with Gasteiger partial charge in [0, 0.05) is 19.3 Å². The number of hydrogen-bond acceptors (Lipinski definition) is 3. The summed E-state index contributed by atoms with van der Waals surface area (Å²) in [6, 6.07) is 18.9. The van der Waals surface area contributed by atoms with Crippen LogP contribution in [0.5, 0.6) is 0 Å². The molecule has 0 radical (unpaired) electrons. The van der Waals surface area contributed by atoms with Crippen molar-refractivity contribution >= 4 is 35.6 Å². The molecule has 0 aliphatic carbocycles. The van der Waals surface area contributed by atoms with Crippen LogP contribution in [0.4, 0.5) is 5.69 Å². The average Bonchev–Trinajstić information content (AvgIpc) is 3.27. The number of nitrogens with one attached hydrogen (secondary N) is 1. The van der Waals surface area contributed by atoms with E-state index < -0.39 is 0 Å². The number of guanidine groups is 1. The molecule has 4 rings (SSSR count). The monoisotopic (exact) mass is 488 g/mol. The first-order valence-corrected chi connectivity index (χ1v) is 9.25. The van der Waals surface area contributed by atoms with Gasteiger partial charge >= 0.3 is 0 Å². The lowest BCUT2D eigenvalue weighted by atomic mass is 10.2. The van der Waals surface area contributed by atoms with Crippen LogP contribution in [0, 0.1) is 6.92 Å². The highest BCUT2D eigenvalue weighted by atomic mass is 127. The van der Waals surface area contributed by atoms with Crippen LogP contribution in [0.1, 0.15) is 22.8 Å². The Kier molecular flexibility index (Phi) is 6.66. The van der Waals surface area contributed by atoms with E-state index in [1.807, 2.05) is 36.7 Å². The zero-order valence-corrected chi connectivity index (χ0v) is 18.5. The fraction of sp³-hybridized carbons (Fsp3) is 0.286. The van der Waals surface area contributed by atoms with Crippen molar-refractivity contribution in [1.29, 1.82) is 0 Å². The van der Waals surface area contributed by atoms with E-state index in [2.05, 4.69) is 56.8 Å². The van der Waals surface area contributed by atoms with Crippen LogP contribution < -0.4 is 10.2 Å². The van der Waals surface area contributed by atoms with E-state index >= 15 is 0 Å². The fourth-order valence-corrected chi connectivity index (χ4v) is 3.31. The Bertz CT molecular complexity index is 951. The Morgan fingerprint density at radius 2 is 1.82 bits per heavy atom. The van der Waals surface area contributed by atoms with Crippen molar-refractivity contribution in [1.82, 2.24) is 20.1 Å². The largest absolute Gasteiger partial charge is 0.349 e. The standard InChI is InChI=1S/C21H24N6.HI/c1-16-24-25-20(26(16)2)15-23-21(22-14-17-8-4-3-5-9-17)27-13-12-18-10-6-7-11-19(18)27;/h3-11H,12-15H2,1-2H3,(H,22,23);1H. The van der Waals surface area contributed by atoms with Gasteiger partial charge in [-0.05, 0) is 30.5 Å². The number of aromatic nitrogens is 3. The molecule has 7 heteroatoms. The fourth-order valence-electron chi connectivity index (χ4n) is 3.31. The second-order valence-electron chi connectivity index (χ2n) is 6.73. The number of anilines is 1. The maximum Gasteiger partial charge on any atom is 0.199 e. The number of fused-ring (bicyclic) bond motifs is 1. The molecule has 0 unspecified atom stereocenters. The maximum atomic E-state index is 4.90. The first-order valence-electron chi connectivity index (χ1n) is 9.25. The van der Waals surface area contributed by atoms with E-state index in [-0.39, 0.29) is 24.0 Å². The van der Waals surface area contributed by atoms with Crippen molar-refractivity contribution in [2.75, 3.05) is 11.4 Å². The molecule has 2 aromatic carbocycles. The van der Waals surface area contributed by atoms with Gasteiger partial charge in [0.25, 0.3) is 0 Å². The molecular weight excluding hydrogens is 463 g/mol. The van der Waals surface area contributed by atoms with Crippen LogP contribution in [-0.2, 0) is 26.6 Å². The third-order valence-electron chi connectivity index (χ3n) is 4.98. The summed E-state index contributed by atoms with van der Waals surface area (Å²) in [6.45, 7) is 4.11. The zero-order valence-electron chi connectivity index (χ0n) is 16.2. The quantitative estimate of drug-likeness (QED) is 0.347. The number of para-hydroxylation sites is 1. The normalized spacial score (nSPS) is 13.2. The van der Waals surface area contributed by atoms with Crippen LogP contribution >= 0.6 is 24.0 Å². The Hall–Kier alpha value is -2.42. The lowest BCUT2D eigenvalue weighted by Gasteiger charge is -2.22. The van der Waals surface area contributed by atoms with E-state index in [0.29, 0.717) is 13.1 Å². The van der Waals surface area contributed by atoms with Gasteiger partial charge in [0.2, 0.25) is 0 Å². The summed E-state index contributed by atoms with van der Waals surface area (Å²) in [7, 11) is 1.98. The van der Waals surface area contributed by atoms with Crippen LogP contribution in [-0.4, -0.2) is 27.3 Å². The summed E-state index contributed by atoms with van der Waals surface area (Å²) >= 11 is 0. The molecule has 1 aromatic heterocycles. The van der Waals surface area contributed by atoms with Gasteiger partial charge in [0.15, 0.2) is 11.8 Å². The molecule has 0 saturated heterocycles. The van der Waals surface area contributed by atoms with E-state index in [1.165, 1.54) is 16.8 Å². The number of benzene rings is 2. The van der Waals surface area contributed by atoms with Gasteiger partial charge in [-0.25, -0.2) is 4.99 Å². The highest BCUT2D eigenvalue weighted by molar-refractivity contribution is 14.0. The van der Waals surface area contributed by atoms with Crippen LogP contribution in [0.3, 0.4) is 0 Å². The minimum absolute atomic E-state index is 0. The molecule has 0 fully saturated rings. The molecule has 1 N–H and O–H groups in total. The van der Waals surface area contributed by atoms with Crippen LogP contribution in [0.2, 0.25) is 0 Å². The van der Waals surface area contributed by atoms with Crippen molar-refractivity contribution in [3.8, 4) is 0 Å². The van der Waals surface area contributed by atoms with Gasteiger partial charge in [-0.2, -0.15) is 0 Å². The minimum Gasteiger partial charge on any atom is -0.349 e. The number of hydrogen-bond donors (Lipinski definition) is 1. The summed E-state index contributed by atoms with van der Waals surface area (Å²) < 4.78 is 2.00. The number of rotatable bonds is 4. The third kappa shape index (κ3) is 4.35. The van der Waals surface area contributed by atoms with E-state index in [4.69, 9.17) is 4.99 Å². The molecule has 6 nitrogen and oxygen atoms in total. The second-order valence-corrected chi connectivity index (χ2v) is 6.73. The maximum absolute atomic E-state index is 4.90. The van der Waals surface area contributed by atoms with Crippen LogP contribution in [0.25, 0.3) is 0 Å². The van der Waals surface area contributed by atoms with Crippen molar-refractivity contribution in [2.45, 2.75) is 26.4 Å². The van der Waals surface area contributed by atoms with Gasteiger partial charge in [0.1, 0.15) is 5.82 Å². The molecule has 146 valence electrons. The predicted octanol–water partition coefficient (Wildman–Crippen LogP) is 3.45. The molecule has 0 spiro atoms. The Balaban J connectivity index is 0.00000225. The number of halogens is 1. The Morgan fingerprint density at radius 3 is 2.57 bits per heavy atom. The molecular formula is C21H25IN6. The molecule has 1 aliphatic rings. The Labute approximate surface area is 182 Å². The summed E-state index contributed by atoms with van der Waals surface area (Å²) in [5.41, 5.74) is 3.78. The second kappa shape index (κ2) is 9.18. The lowest BCUT2D eigenvalue weighted by molar-refractivity contribution is 0.727. The predicted molar refractivity (Wildman–Crippen MR) is 123 cm³/mol. The van der Waals surface area contributed by atoms with E-state index in [1.54, 1.807) is 0 Å². The summed E-state index contributed by atoms with van der Waals surface area (Å²) in [4.78, 5) is 7.17. The molecule has 0 atom stereocenters. The van der Waals surface area contributed by atoms with E-state index in [9.17, 15) is 0 Å². The number of aryl methyl sites for hydroxylation is 1. The van der Waals surface area contributed by atoms with Gasteiger partial charge in [0.05, 0.1) is 13.1 Å². The summed E-state index contributed by atoms with van der Waals surface area (Å²) in [5.74, 6) is 2.68. The van der Waals surface area contributed by atoms with Crippen LogP contribution in [0.15, 0.2) is 59.6 Å². The van der Waals surface area contributed by atoms with Crippen molar-refractivity contribution < 1.29 is 0 Å². The first kappa shape index (κ1) is 20.3. The Morgan fingerprint density at radius 1 is 1.07 bits per heavy atom. The summed E-state index contributed by atoms with van der Waals surface area (Å²) in [6.07, 6.45) is 1.03. The van der Waals surface area contributed by atoms with Gasteiger partial charge < -0.3 is 14.8 Å². The highest BCUT2D eigenvalue weighted by Gasteiger charge is 2.23. The molecule has 1 aliphatic heterocycles. The van der Waals surface area contributed by atoms with E-state index in [0.717, 1.165) is 30.6 Å². The molecule has 0 bridgehead atoms. The molecule has 3 aromatic rings. The van der Waals surface area contributed by atoms with Crippen molar-refractivity contribution in [3.05, 3.63) is 77.4 Å². The molecule has 0 saturated carbocycles. The third-order valence-corrected chi connectivity index (χ3v) is 4.98. The van der Waals surface area contributed by atoms with Gasteiger partial charge in [-0.15, -0.1) is 34.2 Å². The SMILES string of the molecule is Cc1nnc(CNC(=NCc2ccccc2)N2CCc3ccccc32)n1C.I. The zero-order chi connectivity index (χ0) is 18.6. The van der Waals surface area contributed by atoms with Crippen molar-refractivity contribution in [2.24, 2.45) is 12.0 Å². The molecule has 28 heavy (non-hydrogen) atoms. The number of nitrogens with zero attached hydrogens (tertiary/aromatic N) is 5. The van der Waals surface area contributed by atoms with Gasteiger partial charge in [-0.3, -0.25) is 0 Å². The average molecular weight is 488 g/mol. The smallest absolute Gasteiger partial charge is 0.199 e. The van der Waals surface area contributed by atoms with Crippen molar-refractivity contribution in [3.63, 3.8) is 0 Å².